The summed E-state index contributed by atoms with van der Waals surface area (Å²) in [6.45, 7) is 3.95. The number of carbonyl (C=O) groups excluding carboxylic acids is 1. The molecule has 7 nitrogen and oxygen atoms in total. The highest BCUT2D eigenvalue weighted by molar-refractivity contribution is 7.14. The van der Waals surface area contributed by atoms with Gasteiger partial charge in [-0.1, -0.05) is 41.5 Å². The minimum absolute atomic E-state index is 0.0523. The topological polar surface area (TPSA) is 70.7 Å². The van der Waals surface area contributed by atoms with Crippen molar-refractivity contribution in [2.75, 3.05) is 26.3 Å². The number of ether oxygens (including phenoxy) is 1. The lowest BCUT2D eigenvalue weighted by molar-refractivity contribution is -0.370. The van der Waals surface area contributed by atoms with Crippen molar-refractivity contribution in [2.24, 2.45) is 10.9 Å². The molecule has 29 heavy (non-hydrogen) atoms. The number of rotatable bonds is 4. The van der Waals surface area contributed by atoms with Crippen LogP contribution >= 0.6 is 11.3 Å². The zero-order valence-corrected chi connectivity index (χ0v) is 16.6. The van der Waals surface area contributed by atoms with Crippen molar-refractivity contribution in [1.29, 1.82) is 0 Å². The molecule has 1 amide bonds. The molecule has 0 spiro atoms. The van der Waals surface area contributed by atoms with Gasteiger partial charge < -0.3 is 4.74 Å². The van der Waals surface area contributed by atoms with Crippen molar-refractivity contribution in [2.45, 2.75) is 6.54 Å². The number of aromatic nitrogens is 2. The second kappa shape index (κ2) is 7.90. The zero-order chi connectivity index (χ0) is 19.6. The zero-order valence-electron chi connectivity index (χ0n) is 15.8. The second-order valence-electron chi connectivity index (χ2n) is 6.99. The molecule has 1 saturated heterocycles. The van der Waals surface area contributed by atoms with Crippen molar-refractivity contribution < 1.29 is 14.1 Å². The number of hydrogen-bond donors (Lipinski definition) is 0. The van der Waals surface area contributed by atoms with Crippen molar-refractivity contribution >= 4 is 33.9 Å². The van der Waals surface area contributed by atoms with Gasteiger partial charge in [0.25, 0.3) is 5.84 Å². The van der Waals surface area contributed by atoms with Gasteiger partial charge in [0, 0.05) is 18.2 Å². The Morgan fingerprint density at radius 3 is 2.79 bits per heavy atom. The van der Waals surface area contributed by atoms with Gasteiger partial charge in [0.15, 0.2) is 5.01 Å². The van der Waals surface area contributed by atoms with Crippen LogP contribution in [0.15, 0.2) is 59.6 Å². The van der Waals surface area contributed by atoms with E-state index in [9.17, 15) is 4.79 Å². The van der Waals surface area contributed by atoms with Crippen LogP contribution in [0.5, 0.6) is 0 Å². The van der Waals surface area contributed by atoms with Crippen LogP contribution in [0.25, 0.3) is 0 Å². The summed E-state index contributed by atoms with van der Waals surface area (Å²) in [5.41, 5.74) is 1.63. The summed E-state index contributed by atoms with van der Waals surface area (Å²) >= 11 is 1.44. The largest absolute Gasteiger partial charge is 0.379 e. The minimum atomic E-state index is -0.390. The van der Waals surface area contributed by atoms with Crippen LogP contribution in [0.1, 0.15) is 10.6 Å². The molecule has 0 N–H and O–H groups in total. The third-order valence-electron chi connectivity index (χ3n) is 5.08. The summed E-state index contributed by atoms with van der Waals surface area (Å²) in [5.74, 6) is 0.151. The van der Waals surface area contributed by atoms with Crippen LogP contribution in [0.2, 0.25) is 0 Å². The van der Waals surface area contributed by atoms with E-state index in [1.54, 1.807) is 4.58 Å². The summed E-state index contributed by atoms with van der Waals surface area (Å²) in [7, 11) is 0. The second-order valence-corrected chi connectivity index (χ2v) is 8.03. The van der Waals surface area contributed by atoms with E-state index in [-0.39, 0.29) is 11.8 Å². The maximum absolute atomic E-state index is 13.4. The number of benzene rings is 1. The van der Waals surface area contributed by atoms with Crippen LogP contribution < -0.4 is 0 Å². The van der Waals surface area contributed by atoms with E-state index in [1.807, 2.05) is 54.6 Å². The summed E-state index contributed by atoms with van der Waals surface area (Å²) in [4.78, 5) is 20.5. The number of carbonyl (C=O) groups is 1. The van der Waals surface area contributed by atoms with E-state index in [4.69, 9.17) is 9.73 Å². The number of morpholine rings is 1. The van der Waals surface area contributed by atoms with Crippen LogP contribution in [0.3, 0.4) is 0 Å². The Hall–Kier alpha value is -2.81. The molecule has 1 atom stereocenters. The van der Waals surface area contributed by atoms with Gasteiger partial charge in [-0.15, -0.1) is 9.57 Å². The molecule has 1 unspecified atom stereocenters. The summed E-state index contributed by atoms with van der Waals surface area (Å²) in [6, 6.07) is 9.75. The molecule has 2 aromatic rings. The fourth-order valence-electron chi connectivity index (χ4n) is 3.58. The molecule has 1 aromatic heterocycles. The van der Waals surface area contributed by atoms with E-state index in [1.165, 1.54) is 11.3 Å². The Bertz CT molecular complexity index is 1050. The van der Waals surface area contributed by atoms with E-state index >= 15 is 0 Å². The molecule has 3 heterocycles. The predicted octanol–water partition coefficient (Wildman–Crippen LogP) is 2.18. The van der Waals surface area contributed by atoms with Gasteiger partial charge in [-0.25, -0.2) is 0 Å². The van der Waals surface area contributed by atoms with E-state index in [0.29, 0.717) is 17.5 Å². The lowest BCUT2D eigenvalue weighted by Gasteiger charge is -2.25. The number of aliphatic imine (C=N–C) groups is 1. The highest BCUT2D eigenvalue weighted by atomic mass is 32.1. The normalized spacial score (nSPS) is 22.0. The molecule has 3 aliphatic rings. The fraction of sp³-hybridized carbons (Fsp3) is 0.286. The first-order chi connectivity index (χ1) is 14.3. The Morgan fingerprint density at radius 2 is 1.97 bits per heavy atom. The first-order valence-corrected chi connectivity index (χ1v) is 10.4. The van der Waals surface area contributed by atoms with Gasteiger partial charge in [0.1, 0.15) is 11.6 Å². The minimum Gasteiger partial charge on any atom is -0.379 e. The molecule has 1 aromatic carbocycles. The maximum atomic E-state index is 13.4. The number of fused-ring (bicyclic) bond motifs is 1. The highest BCUT2D eigenvalue weighted by Crippen LogP contribution is 2.27. The fourth-order valence-corrected chi connectivity index (χ4v) is 4.47. The van der Waals surface area contributed by atoms with Crippen molar-refractivity contribution in [3.63, 3.8) is 0 Å². The van der Waals surface area contributed by atoms with Crippen LogP contribution in [0.4, 0.5) is 5.13 Å². The van der Waals surface area contributed by atoms with Crippen molar-refractivity contribution in [3.05, 3.63) is 65.2 Å². The van der Waals surface area contributed by atoms with Gasteiger partial charge in [0.05, 0.1) is 25.3 Å². The summed E-state index contributed by atoms with van der Waals surface area (Å²) in [5, 5.41) is 10.1. The summed E-state index contributed by atoms with van der Waals surface area (Å²) in [6.07, 6.45) is 7.57. The number of nitrogens with zero attached hydrogens (tertiary/aromatic N) is 5. The quantitative estimate of drug-likeness (QED) is 0.728. The van der Waals surface area contributed by atoms with Crippen LogP contribution in [0, 0.1) is 5.92 Å². The SMILES string of the molecule is O=C1C2C=CC=CC2=NC(c2ccccc2)=[N+]1c1nnc(CN2CCOCC2)s1. The number of amidine groups is 1. The molecule has 2 aliphatic heterocycles. The average molecular weight is 406 g/mol. The van der Waals surface area contributed by atoms with Gasteiger partial charge in [0.2, 0.25) is 0 Å². The molecule has 0 radical (unpaired) electrons. The molecule has 1 aliphatic carbocycles. The Kier molecular flexibility index (Phi) is 4.97. The number of hydrogen-bond acceptors (Lipinski definition) is 7. The number of allylic oxidation sites excluding steroid dienone is 3. The molecule has 0 saturated carbocycles. The Labute approximate surface area is 172 Å². The van der Waals surface area contributed by atoms with Crippen molar-refractivity contribution in [3.8, 4) is 0 Å². The Balaban J connectivity index is 1.55. The monoisotopic (exact) mass is 406 g/mol. The van der Waals surface area contributed by atoms with Gasteiger partial charge in [-0.05, 0) is 29.5 Å². The van der Waals surface area contributed by atoms with Crippen molar-refractivity contribution in [1.82, 2.24) is 15.1 Å². The van der Waals surface area contributed by atoms with E-state index in [0.717, 1.165) is 42.6 Å². The molecule has 146 valence electrons. The third kappa shape index (κ3) is 3.62. The van der Waals surface area contributed by atoms with E-state index in [2.05, 4.69) is 15.1 Å². The third-order valence-corrected chi connectivity index (χ3v) is 5.97. The first-order valence-electron chi connectivity index (χ1n) is 9.62. The first kappa shape index (κ1) is 18.2. The van der Waals surface area contributed by atoms with Gasteiger partial charge in [-0.3, -0.25) is 9.69 Å². The van der Waals surface area contributed by atoms with Gasteiger partial charge >= 0.3 is 11.0 Å². The Morgan fingerprint density at radius 1 is 1.14 bits per heavy atom. The lowest BCUT2D eigenvalue weighted by Crippen LogP contribution is -2.38. The molecule has 1 fully saturated rings. The van der Waals surface area contributed by atoms with Gasteiger partial charge in [-0.2, -0.15) is 0 Å². The van der Waals surface area contributed by atoms with E-state index < -0.39 is 0 Å². The molecule has 5 rings (SSSR count). The molecule has 8 heteroatoms. The maximum Gasteiger partial charge on any atom is 0.354 e. The lowest BCUT2D eigenvalue weighted by atomic mass is 9.95. The molecule has 0 bridgehead atoms. The smallest absolute Gasteiger partial charge is 0.354 e. The number of amides is 1. The predicted molar refractivity (Wildman–Crippen MR) is 111 cm³/mol. The van der Waals surface area contributed by atoms with Crippen LogP contribution in [-0.2, 0) is 16.1 Å². The molecular weight excluding hydrogens is 386 g/mol. The summed E-state index contributed by atoms with van der Waals surface area (Å²) < 4.78 is 7.03. The standard InChI is InChI=1S/C21H20N5O2S/c27-20-16-8-4-5-9-17(16)22-19(15-6-2-1-3-7-15)26(20)21-24-23-18(29-21)14-25-10-12-28-13-11-25/h1-9,16H,10-14H2/q+1. The molecular formula is C21H20N5O2S+. The highest BCUT2D eigenvalue weighted by Gasteiger charge is 2.39. The van der Waals surface area contributed by atoms with Crippen LogP contribution in [-0.4, -0.2) is 63.4 Å². The average Bonchev–Trinajstić information content (AvgIpc) is 3.23.